The second-order valence-corrected chi connectivity index (χ2v) is 6.37. The molecule has 1 aromatic heterocycles. The van der Waals surface area contributed by atoms with E-state index in [-0.39, 0.29) is 23.7 Å². The SMILES string of the molecule is CCOC(=O)c1ccc(NC(=O)C2CCN(C(=O)c3ccoc3)CC2)cc1. The molecule has 0 bridgehead atoms. The number of nitrogens with zero attached hydrogens (tertiary/aromatic N) is 1. The Balaban J connectivity index is 1.51. The number of nitrogens with one attached hydrogen (secondary N) is 1. The first-order valence-corrected chi connectivity index (χ1v) is 8.98. The second kappa shape index (κ2) is 8.53. The fourth-order valence-corrected chi connectivity index (χ4v) is 3.06. The van der Waals surface area contributed by atoms with Crippen molar-refractivity contribution >= 4 is 23.5 Å². The van der Waals surface area contributed by atoms with E-state index in [4.69, 9.17) is 9.15 Å². The number of amides is 2. The van der Waals surface area contributed by atoms with Gasteiger partial charge in [0.15, 0.2) is 0 Å². The molecule has 1 aliphatic rings. The van der Waals surface area contributed by atoms with Crippen molar-refractivity contribution in [1.82, 2.24) is 4.90 Å². The molecule has 1 aliphatic heterocycles. The Bertz CT molecular complexity index is 790. The van der Waals surface area contributed by atoms with Gasteiger partial charge in [-0.15, -0.1) is 0 Å². The summed E-state index contributed by atoms with van der Waals surface area (Å²) in [5, 5.41) is 2.87. The van der Waals surface area contributed by atoms with Crippen LogP contribution in [0, 0.1) is 5.92 Å². The first-order chi connectivity index (χ1) is 13.1. The van der Waals surface area contributed by atoms with Crippen LogP contribution in [0.2, 0.25) is 0 Å². The van der Waals surface area contributed by atoms with Crippen LogP contribution in [0.15, 0.2) is 47.3 Å². The molecular weight excluding hydrogens is 348 g/mol. The monoisotopic (exact) mass is 370 g/mol. The summed E-state index contributed by atoms with van der Waals surface area (Å²) in [4.78, 5) is 38.2. The average Bonchev–Trinajstić information content (AvgIpc) is 3.23. The molecule has 2 heterocycles. The van der Waals surface area contributed by atoms with E-state index in [2.05, 4.69) is 5.32 Å². The van der Waals surface area contributed by atoms with Crippen LogP contribution in [0.1, 0.15) is 40.5 Å². The van der Waals surface area contributed by atoms with Gasteiger partial charge in [0.2, 0.25) is 5.91 Å². The van der Waals surface area contributed by atoms with E-state index >= 15 is 0 Å². The van der Waals surface area contributed by atoms with Gasteiger partial charge in [-0.2, -0.15) is 0 Å². The predicted molar refractivity (Wildman–Crippen MR) is 98.4 cm³/mol. The molecule has 0 spiro atoms. The number of esters is 1. The lowest BCUT2D eigenvalue weighted by molar-refractivity contribution is -0.121. The van der Waals surface area contributed by atoms with E-state index < -0.39 is 0 Å². The Hall–Kier alpha value is -3.09. The van der Waals surface area contributed by atoms with Crippen LogP contribution < -0.4 is 5.32 Å². The van der Waals surface area contributed by atoms with Gasteiger partial charge in [0.05, 0.1) is 24.0 Å². The lowest BCUT2D eigenvalue weighted by Gasteiger charge is -2.31. The first-order valence-electron chi connectivity index (χ1n) is 8.98. The largest absolute Gasteiger partial charge is 0.472 e. The number of ether oxygens (including phenoxy) is 1. The quantitative estimate of drug-likeness (QED) is 0.818. The van der Waals surface area contributed by atoms with Crippen LogP contribution >= 0.6 is 0 Å². The standard InChI is InChI=1S/C20H22N2O5/c1-2-27-20(25)15-3-5-17(6-4-15)21-18(23)14-7-10-22(11-8-14)19(24)16-9-12-26-13-16/h3-6,9,12-14H,2,7-8,10-11H2,1H3,(H,21,23). The molecule has 1 aromatic carbocycles. The van der Waals surface area contributed by atoms with E-state index in [0.29, 0.717) is 49.4 Å². The van der Waals surface area contributed by atoms with Crippen molar-refractivity contribution in [2.24, 2.45) is 5.92 Å². The summed E-state index contributed by atoms with van der Waals surface area (Å²) >= 11 is 0. The van der Waals surface area contributed by atoms with E-state index in [0.717, 1.165) is 0 Å². The number of rotatable bonds is 5. The summed E-state index contributed by atoms with van der Waals surface area (Å²) in [5.41, 5.74) is 1.60. The number of anilines is 1. The third-order valence-corrected chi connectivity index (χ3v) is 4.58. The summed E-state index contributed by atoms with van der Waals surface area (Å²) in [6, 6.07) is 8.25. The van der Waals surface area contributed by atoms with Crippen LogP contribution in [0.3, 0.4) is 0 Å². The van der Waals surface area contributed by atoms with Gasteiger partial charge in [-0.25, -0.2) is 4.79 Å². The van der Waals surface area contributed by atoms with Gasteiger partial charge < -0.3 is 19.4 Å². The zero-order chi connectivity index (χ0) is 19.2. The molecule has 0 radical (unpaired) electrons. The molecule has 0 saturated carbocycles. The summed E-state index contributed by atoms with van der Waals surface area (Å²) in [6.45, 7) is 3.13. The third kappa shape index (κ3) is 4.55. The van der Waals surface area contributed by atoms with Crippen LogP contribution in [-0.2, 0) is 9.53 Å². The van der Waals surface area contributed by atoms with Crippen LogP contribution in [0.4, 0.5) is 5.69 Å². The smallest absolute Gasteiger partial charge is 0.338 e. The topological polar surface area (TPSA) is 88.9 Å². The van der Waals surface area contributed by atoms with Gasteiger partial charge in [-0.1, -0.05) is 0 Å². The Morgan fingerprint density at radius 3 is 2.41 bits per heavy atom. The normalized spacial score (nSPS) is 14.6. The van der Waals surface area contributed by atoms with Gasteiger partial charge >= 0.3 is 5.97 Å². The maximum atomic E-state index is 12.5. The maximum absolute atomic E-state index is 12.5. The van der Waals surface area contributed by atoms with Gasteiger partial charge in [-0.3, -0.25) is 9.59 Å². The molecule has 1 N–H and O–H groups in total. The van der Waals surface area contributed by atoms with Gasteiger partial charge in [0.1, 0.15) is 6.26 Å². The van der Waals surface area contributed by atoms with Crippen molar-refractivity contribution in [2.45, 2.75) is 19.8 Å². The van der Waals surface area contributed by atoms with Crippen molar-refractivity contribution in [2.75, 3.05) is 25.0 Å². The fourth-order valence-electron chi connectivity index (χ4n) is 3.06. The van der Waals surface area contributed by atoms with Crippen LogP contribution in [-0.4, -0.2) is 42.4 Å². The van der Waals surface area contributed by atoms with Crippen molar-refractivity contribution < 1.29 is 23.5 Å². The number of carbonyl (C=O) groups is 3. The molecule has 3 rings (SSSR count). The average molecular weight is 370 g/mol. The second-order valence-electron chi connectivity index (χ2n) is 6.37. The number of piperidine rings is 1. The summed E-state index contributed by atoms with van der Waals surface area (Å²) in [5.74, 6) is -0.681. The molecule has 142 valence electrons. The highest BCUT2D eigenvalue weighted by molar-refractivity contribution is 5.95. The Labute approximate surface area is 157 Å². The Kier molecular flexibility index (Phi) is 5.90. The summed E-state index contributed by atoms with van der Waals surface area (Å²) in [6.07, 6.45) is 4.12. The molecule has 2 amide bonds. The van der Waals surface area contributed by atoms with Crippen LogP contribution in [0.5, 0.6) is 0 Å². The van der Waals surface area contributed by atoms with E-state index in [9.17, 15) is 14.4 Å². The van der Waals surface area contributed by atoms with Crippen molar-refractivity contribution in [3.8, 4) is 0 Å². The molecule has 7 heteroatoms. The number of likely N-dealkylation sites (tertiary alicyclic amines) is 1. The Morgan fingerprint density at radius 2 is 1.81 bits per heavy atom. The maximum Gasteiger partial charge on any atom is 0.338 e. The zero-order valence-corrected chi connectivity index (χ0v) is 15.1. The predicted octanol–water partition coefficient (Wildman–Crippen LogP) is 2.95. The van der Waals surface area contributed by atoms with Crippen molar-refractivity contribution in [3.63, 3.8) is 0 Å². The lowest BCUT2D eigenvalue weighted by atomic mass is 9.95. The molecule has 0 aliphatic carbocycles. The minimum atomic E-state index is -0.384. The number of carbonyl (C=O) groups excluding carboxylic acids is 3. The molecule has 0 atom stereocenters. The fraction of sp³-hybridized carbons (Fsp3) is 0.350. The molecule has 2 aromatic rings. The highest BCUT2D eigenvalue weighted by Crippen LogP contribution is 2.21. The molecule has 27 heavy (non-hydrogen) atoms. The number of furan rings is 1. The number of hydrogen-bond donors (Lipinski definition) is 1. The van der Waals surface area contributed by atoms with Crippen molar-refractivity contribution in [1.29, 1.82) is 0 Å². The van der Waals surface area contributed by atoms with E-state index in [1.165, 1.54) is 12.5 Å². The third-order valence-electron chi connectivity index (χ3n) is 4.58. The Morgan fingerprint density at radius 1 is 1.11 bits per heavy atom. The minimum absolute atomic E-state index is 0.0721. The molecular formula is C20H22N2O5. The highest BCUT2D eigenvalue weighted by atomic mass is 16.5. The highest BCUT2D eigenvalue weighted by Gasteiger charge is 2.28. The van der Waals surface area contributed by atoms with Crippen molar-refractivity contribution in [3.05, 3.63) is 54.0 Å². The number of benzene rings is 1. The number of hydrogen-bond acceptors (Lipinski definition) is 5. The molecule has 0 unspecified atom stereocenters. The van der Waals surface area contributed by atoms with Gasteiger partial charge in [0, 0.05) is 24.7 Å². The minimum Gasteiger partial charge on any atom is -0.472 e. The first kappa shape index (κ1) is 18.7. The zero-order valence-electron chi connectivity index (χ0n) is 15.1. The summed E-state index contributed by atoms with van der Waals surface area (Å²) < 4.78 is 9.88. The molecule has 1 fully saturated rings. The van der Waals surface area contributed by atoms with Gasteiger partial charge in [-0.05, 0) is 50.1 Å². The van der Waals surface area contributed by atoms with Crippen LogP contribution in [0.25, 0.3) is 0 Å². The molecule has 1 saturated heterocycles. The van der Waals surface area contributed by atoms with E-state index in [1.54, 1.807) is 42.2 Å². The lowest BCUT2D eigenvalue weighted by Crippen LogP contribution is -2.41. The molecule has 7 nitrogen and oxygen atoms in total. The summed E-state index contributed by atoms with van der Waals surface area (Å²) in [7, 11) is 0. The van der Waals surface area contributed by atoms with E-state index in [1.807, 2.05) is 0 Å². The van der Waals surface area contributed by atoms with Gasteiger partial charge in [0.25, 0.3) is 5.91 Å².